The molecule has 1 amide bonds. The number of aliphatic hydroxyl groups is 1. The van der Waals surface area contributed by atoms with E-state index in [2.05, 4.69) is 0 Å². The molecule has 208 valence electrons. The molecule has 0 bridgehead atoms. The number of hydrogen-bond acceptors (Lipinski definition) is 7. The van der Waals surface area contributed by atoms with Gasteiger partial charge >= 0.3 is 5.97 Å². The Morgan fingerprint density at radius 3 is 2.27 bits per heavy atom. The molecular formula is C31H30ClNO7. The number of amides is 1. The first kappa shape index (κ1) is 28.7. The quantitative estimate of drug-likeness (QED) is 0.160. The third kappa shape index (κ3) is 5.67. The Balaban J connectivity index is 1.85. The number of rotatable bonds is 8. The lowest BCUT2D eigenvalue weighted by molar-refractivity contribution is -0.146. The summed E-state index contributed by atoms with van der Waals surface area (Å²) in [5.41, 5.74) is 2.68. The van der Waals surface area contributed by atoms with Crippen LogP contribution in [0.1, 0.15) is 42.1 Å². The summed E-state index contributed by atoms with van der Waals surface area (Å²) >= 11 is 6.34. The molecule has 1 unspecified atom stereocenters. The zero-order chi connectivity index (χ0) is 29.1. The van der Waals surface area contributed by atoms with Crippen LogP contribution < -0.4 is 14.4 Å². The lowest BCUT2D eigenvalue weighted by atomic mass is 9.94. The molecule has 9 heteroatoms. The summed E-state index contributed by atoms with van der Waals surface area (Å²) in [5.74, 6) is -1.92. The number of benzene rings is 3. The molecule has 1 atom stereocenters. The number of anilines is 1. The molecule has 0 aliphatic carbocycles. The number of Topliss-reactive ketones (excluding diaryl/α,β-unsaturated/α-hetero) is 1. The Morgan fingerprint density at radius 1 is 1.00 bits per heavy atom. The van der Waals surface area contributed by atoms with Gasteiger partial charge in [0.05, 0.1) is 48.9 Å². The van der Waals surface area contributed by atoms with E-state index < -0.39 is 23.5 Å². The second-order valence-electron chi connectivity index (χ2n) is 9.65. The molecular weight excluding hydrogens is 534 g/mol. The van der Waals surface area contributed by atoms with Gasteiger partial charge in [0.25, 0.3) is 11.7 Å². The number of carbonyl (C=O) groups is 3. The van der Waals surface area contributed by atoms with Gasteiger partial charge < -0.3 is 19.3 Å². The Labute approximate surface area is 237 Å². The van der Waals surface area contributed by atoms with Crippen LogP contribution in [0.4, 0.5) is 5.69 Å². The minimum atomic E-state index is -0.942. The van der Waals surface area contributed by atoms with Crippen LogP contribution in [-0.4, -0.2) is 43.1 Å². The number of carbonyl (C=O) groups excluding carboxylic acids is 3. The highest BCUT2D eigenvalue weighted by Gasteiger charge is 2.47. The van der Waals surface area contributed by atoms with E-state index in [9.17, 15) is 19.5 Å². The average Bonchev–Trinajstić information content (AvgIpc) is 3.18. The molecule has 1 aliphatic heterocycles. The Bertz CT molecular complexity index is 1490. The molecule has 0 spiro atoms. The summed E-state index contributed by atoms with van der Waals surface area (Å²) in [4.78, 5) is 40.5. The second-order valence-corrected chi connectivity index (χ2v) is 10.1. The Morgan fingerprint density at radius 2 is 1.68 bits per heavy atom. The molecule has 8 nitrogen and oxygen atoms in total. The standard InChI is InChI=1S/C31H30ClNO7/c1-17(2)40-26(34)14-19-9-11-21(12-10-19)33-28(20-8-6-7-18(3)13-20)27(30(36)31(33)37)29(35)22-15-23(32)25(39-5)16-24(22)38-4/h6-13,15-17,28,35H,14H2,1-5H3/b29-27+. The Kier molecular flexibility index (Phi) is 8.49. The lowest BCUT2D eigenvalue weighted by Gasteiger charge is -2.26. The predicted octanol–water partition coefficient (Wildman–Crippen LogP) is 5.79. The van der Waals surface area contributed by atoms with E-state index in [-0.39, 0.29) is 40.4 Å². The van der Waals surface area contributed by atoms with Crippen LogP contribution in [0.3, 0.4) is 0 Å². The van der Waals surface area contributed by atoms with Gasteiger partial charge in [-0.05, 0) is 50.1 Å². The first-order valence-corrected chi connectivity index (χ1v) is 13.0. The van der Waals surface area contributed by atoms with Crippen LogP contribution in [0.15, 0.2) is 66.2 Å². The van der Waals surface area contributed by atoms with Gasteiger partial charge in [-0.2, -0.15) is 0 Å². The maximum Gasteiger partial charge on any atom is 0.310 e. The summed E-state index contributed by atoms with van der Waals surface area (Å²) in [5, 5.41) is 11.7. The molecule has 1 heterocycles. The molecule has 0 aromatic heterocycles. The van der Waals surface area contributed by atoms with E-state index in [4.69, 9.17) is 25.8 Å². The van der Waals surface area contributed by atoms with Crippen molar-refractivity contribution in [3.8, 4) is 11.5 Å². The van der Waals surface area contributed by atoms with E-state index in [1.54, 1.807) is 44.2 Å². The summed E-state index contributed by atoms with van der Waals surface area (Å²) < 4.78 is 15.9. The fourth-order valence-corrected chi connectivity index (χ4v) is 4.93. The zero-order valence-corrected chi connectivity index (χ0v) is 23.6. The van der Waals surface area contributed by atoms with Crippen LogP contribution in [-0.2, 0) is 25.5 Å². The fourth-order valence-electron chi connectivity index (χ4n) is 4.69. The number of esters is 1. The Hall–Kier alpha value is -4.30. The van der Waals surface area contributed by atoms with Crippen molar-refractivity contribution in [1.29, 1.82) is 0 Å². The normalized spacial score (nSPS) is 16.4. The maximum absolute atomic E-state index is 13.5. The number of aliphatic hydroxyl groups excluding tert-OH is 1. The largest absolute Gasteiger partial charge is 0.507 e. The molecule has 3 aromatic carbocycles. The highest BCUT2D eigenvalue weighted by atomic mass is 35.5. The summed E-state index contributed by atoms with van der Waals surface area (Å²) in [7, 11) is 2.86. The van der Waals surface area contributed by atoms with Crippen molar-refractivity contribution < 1.29 is 33.7 Å². The van der Waals surface area contributed by atoms with Gasteiger partial charge in [0, 0.05) is 11.8 Å². The van der Waals surface area contributed by atoms with Crippen molar-refractivity contribution >= 4 is 40.7 Å². The van der Waals surface area contributed by atoms with Crippen LogP contribution in [0, 0.1) is 6.92 Å². The van der Waals surface area contributed by atoms with E-state index >= 15 is 0 Å². The SMILES string of the molecule is COc1cc(OC)c(/C(O)=C2\C(=O)C(=O)N(c3ccc(CC(=O)OC(C)C)cc3)C2c2cccc(C)c2)cc1Cl. The zero-order valence-electron chi connectivity index (χ0n) is 22.9. The van der Waals surface area contributed by atoms with Crippen LogP contribution in [0.2, 0.25) is 5.02 Å². The van der Waals surface area contributed by atoms with E-state index in [0.717, 1.165) is 5.56 Å². The van der Waals surface area contributed by atoms with Gasteiger partial charge in [-0.25, -0.2) is 0 Å². The van der Waals surface area contributed by atoms with Crippen molar-refractivity contribution in [2.75, 3.05) is 19.1 Å². The first-order chi connectivity index (χ1) is 19.0. The lowest BCUT2D eigenvalue weighted by Crippen LogP contribution is -2.29. The molecule has 0 radical (unpaired) electrons. The van der Waals surface area contributed by atoms with E-state index in [1.165, 1.54) is 31.3 Å². The highest BCUT2D eigenvalue weighted by Crippen LogP contribution is 2.44. The summed E-state index contributed by atoms with van der Waals surface area (Å²) in [6.07, 6.45) is -0.163. The topological polar surface area (TPSA) is 102 Å². The molecule has 1 aliphatic rings. The molecule has 4 rings (SSSR count). The number of ketones is 1. The fraction of sp³-hybridized carbons (Fsp3) is 0.258. The van der Waals surface area contributed by atoms with Crippen molar-refractivity contribution in [3.63, 3.8) is 0 Å². The molecule has 1 saturated heterocycles. The molecule has 0 saturated carbocycles. The van der Waals surface area contributed by atoms with Gasteiger partial charge in [-0.3, -0.25) is 19.3 Å². The van der Waals surface area contributed by atoms with Crippen LogP contribution >= 0.6 is 11.6 Å². The van der Waals surface area contributed by atoms with E-state index in [1.807, 2.05) is 25.1 Å². The summed E-state index contributed by atoms with van der Waals surface area (Å²) in [6.45, 7) is 5.45. The first-order valence-electron chi connectivity index (χ1n) is 12.6. The minimum absolute atomic E-state index is 0.0661. The third-order valence-corrected chi connectivity index (χ3v) is 6.76. The number of halogens is 1. The highest BCUT2D eigenvalue weighted by molar-refractivity contribution is 6.51. The van der Waals surface area contributed by atoms with Crippen molar-refractivity contribution in [2.24, 2.45) is 0 Å². The van der Waals surface area contributed by atoms with Gasteiger partial charge in [0.2, 0.25) is 0 Å². The molecule has 3 aromatic rings. The maximum atomic E-state index is 13.5. The molecule has 1 N–H and O–H groups in total. The third-order valence-electron chi connectivity index (χ3n) is 6.46. The number of methoxy groups -OCH3 is 2. The van der Waals surface area contributed by atoms with E-state index in [0.29, 0.717) is 22.6 Å². The number of nitrogens with zero attached hydrogens (tertiary/aromatic N) is 1. The van der Waals surface area contributed by atoms with Gasteiger partial charge in [0.15, 0.2) is 0 Å². The van der Waals surface area contributed by atoms with Crippen LogP contribution in [0.5, 0.6) is 11.5 Å². The number of hydrogen-bond donors (Lipinski definition) is 1. The van der Waals surface area contributed by atoms with Crippen molar-refractivity contribution in [2.45, 2.75) is 39.3 Å². The predicted molar refractivity (Wildman–Crippen MR) is 152 cm³/mol. The smallest absolute Gasteiger partial charge is 0.310 e. The monoisotopic (exact) mass is 563 g/mol. The number of ether oxygens (including phenoxy) is 3. The van der Waals surface area contributed by atoms with Gasteiger partial charge in [-0.1, -0.05) is 53.6 Å². The number of aryl methyl sites for hydroxylation is 1. The van der Waals surface area contributed by atoms with Crippen molar-refractivity contribution in [3.05, 3.63) is 93.5 Å². The minimum Gasteiger partial charge on any atom is -0.507 e. The van der Waals surface area contributed by atoms with Crippen molar-refractivity contribution in [1.82, 2.24) is 0 Å². The molecule has 40 heavy (non-hydrogen) atoms. The average molecular weight is 564 g/mol. The molecule has 1 fully saturated rings. The summed E-state index contributed by atoms with van der Waals surface area (Å²) in [6, 6.07) is 16.1. The van der Waals surface area contributed by atoms with Gasteiger partial charge in [-0.15, -0.1) is 0 Å². The second kappa shape index (κ2) is 11.8. The van der Waals surface area contributed by atoms with Gasteiger partial charge in [0.1, 0.15) is 17.3 Å². The van der Waals surface area contributed by atoms with Crippen LogP contribution in [0.25, 0.3) is 5.76 Å².